The van der Waals surface area contributed by atoms with Crippen LogP contribution in [0.15, 0.2) is 22.7 Å². The normalized spacial score (nSPS) is 26.3. The number of hydrogen-bond donors (Lipinski definition) is 1. The summed E-state index contributed by atoms with van der Waals surface area (Å²) in [6.07, 6.45) is -4.90. The minimum absolute atomic E-state index is 0.0726. The molecule has 1 aromatic heterocycles. The topological polar surface area (TPSA) is 97.6 Å². The predicted octanol–water partition coefficient (Wildman–Crippen LogP) is 2.64. The van der Waals surface area contributed by atoms with Crippen LogP contribution >= 0.6 is 0 Å². The molecule has 1 N–H and O–H groups in total. The van der Waals surface area contributed by atoms with Gasteiger partial charge in [-0.2, -0.15) is 18.2 Å². The third-order valence-corrected chi connectivity index (χ3v) is 6.06. The quantitative estimate of drug-likeness (QED) is 0.688. The first-order chi connectivity index (χ1) is 15.5. The number of fused-ring (bicyclic) bond motifs is 1. The zero-order valence-electron chi connectivity index (χ0n) is 16.9. The van der Waals surface area contributed by atoms with Crippen LogP contribution in [0.25, 0.3) is 11.4 Å². The Labute approximate surface area is 183 Å². The van der Waals surface area contributed by atoms with Crippen molar-refractivity contribution in [2.75, 3.05) is 13.2 Å². The van der Waals surface area contributed by atoms with Crippen LogP contribution in [0.5, 0.6) is 0 Å². The maximum Gasteiger partial charge on any atom is 0.471 e. The van der Waals surface area contributed by atoms with Gasteiger partial charge in [-0.1, -0.05) is 17.3 Å². The molecule has 1 saturated heterocycles. The number of carbonyl (C=O) groups is 2. The lowest BCUT2D eigenvalue weighted by atomic mass is 10.0. The molecule has 3 aliphatic rings. The summed E-state index contributed by atoms with van der Waals surface area (Å²) in [5, 5.41) is 5.92. The Hall–Kier alpha value is -3.09. The van der Waals surface area contributed by atoms with Gasteiger partial charge in [-0.15, -0.1) is 0 Å². The van der Waals surface area contributed by atoms with Crippen molar-refractivity contribution < 1.29 is 40.8 Å². The minimum Gasteiger partial charge on any atom is -0.379 e. The van der Waals surface area contributed by atoms with Gasteiger partial charge in [0, 0.05) is 30.7 Å². The van der Waals surface area contributed by atoms with E-state index in [2.05, 4.69) is 20.0 Å². The molecule has 0 spiro atoms. The number of nitrogens with one attached hydrogen (secondary N) is 1. The molecule has 0 radical (unpaired) electrons. The third kappa shape index (κ3) is 3.94. The van der Waals surface area contributed by atoms with Gasteiger partial charge in [-0.05, 0) is 18.1 Å². The predicted molar refractivity (Wildman–Crippen MR) is 98.8 cm³/mol. The molecule has 0 unspecified atom stereocenters. The summed E-state index contributed by atoms with van der Waals surface area (Å²) in [6, 6.07) is 3.32. The van der Waals surface area contributed by atoms with Crippen molar-refractivity contribution in [3.8, 4) is 11.4 Å². The molecule has 2 fully saturated rings. The first kappa shape index (κ1) is 21.7. The largest absolute Gasteiger partial charge is 0.471 e. The molecule has 1 aliphatic carbocycles. The van der Waals surface area contributed by atoms with Gasteiger partial charge in [0.2, 0.25) is 11.7 Å². The highest BCUT2D eigenvalue weighted by molar-refractivity contribution is 5.99. The lowest BCUT2D eigenvalue weighted by Gasteiger charge is -2.38. The molecule has 176 valence electrons. The van der Waals surface area contributed by atoms with Gasteiger partial charge in [0.25, 0.3) is 11.8 Å². The summed E-state index contributed by atoms with van der Waals surface area (Å²) in [5.74, 6) is -7.35. The second-order valence-corrected chi connectivity index (χ2v) is 8.29. The number of hydrogen-bond acceptors (Lipinski definition) is 6. The smallest absolute Gasteiger partial charge is 0.379 e. The molecule has 33 heavy (non-hydrogen) atoms. The lowest BCUT2D eigenvalue weighted by Crippen LogP contribution is -2.57. The fraction of sp³-hybridized carbons (Fsp3) is 0.500. The summed E-state index contributed by atoms with van der Waals surface area (Å²) in [5.41, 5.74) is 1.07. The number of carbonyl (C=O) groups excluding carboxylic acids is 2. The zero-order valence-corrected chi connectivity index (χ0v) is 16.9. The molecular weight excluding hydrogens is 455 g/mol. The van der Waals surface area contributed by atoms with Gasteiger partial charge in [-0.25, -0.2) is 8.78 Å². The van der Waals surface area contributed by atoms with Crippen molar-refractivity contribution in [3.05, 3.63) is 35.2 Å². The first-order valence-corrected chi connectivity index (χ1v) is 10.2. The number of aromatic nitrogens is 2. The third-order valence-electron chi connectivity index (χ3n) is 6.06. The van der Waals surface area contributed by atoms with E-state index in [9.17, 15) is 31.5 Å². The van der Waals surface area contributed by atoms with E-state index in [1.165, 1.54) is 17.0 Å². The molecule has 1 saturated carbocycles. The molecule has 13 heteroatoms. The van der Waals surface area contributed by atoms with Gasteiger partial charge in [0.1, 0.15) is 5.92 Å². The van der Waals surface area contributed by atoms with Gasteiger partial charge < -0.3 is 19.5 Å². The average Bonchev–Trinajstić information content (AvgIpc) is 3.09. The summed E-state index contributed by atoms with van der Waals surface area (Å²) >= 11 is 0. The van der Waals surface area contributed by atoms with E-state index in [-0.39, 0.29) is 30.1 Å². The fourth-order valence-electron chi connectivity index (χ4n) is 4.20. The molecule has 3 atom stereocenters. The molecule has 1 aromatic carbocycles. The Bertz CT molecular complexity index is 1120. The molecule has 2 aromatic rings. The number of benzene rings is 1. The number of halogens is 5. The van der Waals surface area contributed by atoms with E-state index in [0.29, 0.717) is 18.6 Å². The highest BCUT2D eigenvalue weighted by Crippen LogP contribution is 2.48. The maximum atomic E-state index is 13.2. The van der Waals surface area contributed by atoms with Crippen LogP contribution in [0.2, 0.25) is 0 Å². The van der Waals surface area contributed by atoms with Crippen molar-refractivity contribution in [1.82, 2.24) is 20.4 Å². The fourth-order valence-corrected chi connectivity index (χ4v) is 4.20. The minimum atomic E-state index is -4.79. The number of ether oxygens (including phenoxy) is 1. The molecule has 8 nitrogen and oxygen atoms in total. The number of nitrogens with zero attached hydrogens (tertiary/aromatic N) is 3. The molecular formula is C20H17F5N4O4. The van der Waals surface area contributed by atoms with Crippen LogP contribution in [-0.4, -0.2) is 58.1 Å². The Morgan fingerprint density at radius 3 is 2.70 bits per heavy atom. The standard InChI is InChI=1S/C20H17F5N4O4/c21-19(22)6-12(19)16(30)26-13-8-32-4-3-14(13)29-7-10-2-1-9(5-11(10)17(29)31)15-27-18(33-28-15)20(23,24)25/h1-2,5,12-14H,3-4,6-8H2,(H,26,30)/t12-,13+,14+/m0/s1. The average molecular weight is 472 g/mol. The van der Waals surface area contributed by atoms with Crippen LogP contribution in [-0.2, 0) is 22.3 Å². The van der Waals surface area contributed by atoms with Crippen LogP contribution in [0.3, 0.4) is 0 Å². The van der Waals surface area contributed by atoms with E-state index in [1.54, 1.807) is 6.07 Å². The van der Waals surface area contributed by atoms with E-state index in [1.807, 2.05) is 0 Å². The van der Waals surface area contributed by atoms with Crippen LogP contribution < -0.4 is 5.32 Å². The number of rotatable bonds is 4. The summed E-state index contributed by atoms with van der Waals surface area (Å²) in [4.78, 5) is 30.2. The Morgan fingerprint density at radius 1 is 1.27 bits per heavy atom. The highest BCUT2D eigenvalue weighted by Gasteiger charge is 2.61. The second-order valence-electron chi connectivity index (χ2n) is 8.29. The van der Waals surface area contributed by atoms with E-state index >= 15 is 0 Å². The first-order valence-electron chi connectivity index (χ1n) is 10.2. The lowest BCUT2D eigenvalue weighted by molar-refractivity contribution is -0.159. The summed E-state index contributed by atoms with van der Waals surface area (Å²) in [6.45, 7) is 0.597. The number of amides is 2. The van der Waals surface area contributed by atoms with Crippen LogP contribution in [0, 0.1) is 5.92 Å². The monoisotopic (exact) mass is 472 g/mol. The van der Waals surface area contributed by atoms with Crippen molar-refractivity contribution >= 4 is 11.8 Å². The van der Waals surface area contributed by atoms with Crippen molar-refractivity contribution in [2.45, 2.75) is 43.6 Å². The number of alkyl halides is 5. The highest BCUT2D eigenvalue weighted by atomic mass is 19.4. The summed E-state index contributed by atoms with van der Waals surface area (Å²) in [7, 11) is 0. The van der Waals surface area contributed by atoms with Crippen molar-refractivity contribution in [1.29, 1.82) is 0 Å². The summed E-state index contributed by atoms with van der Waals surface area (Å²) < 4.78 is 74.4. The molecule has 0 bridgehead atoms. The molecule has 5 rings (SSSR count). The molecule has 3 heterocycles. The van der Waals surface area contributed by atoms with Gasteiger partial charge in [0.05, 0.1) is 18.7 Å². The SMILES string of the molecule is O=C(N[C@@H]1COCC[C@H]1N1Cc2ccc(-c3noc(C(F)(F)F)n3)cc2C1=O)[C@@H]1CC1(F)F. The Morgan fingerprint density at radius 2 is 2.03 bits per heavy atom. The maximum absolute atomic E-state index is 13.2. The molecule has 2 amide bonds. The second kappa shape index (κ2) is 7.47. The van der Waals surface area contributed by atoms with E-state index in [4.69, 9.17) is 4.74 Å². The Balaban J connectivity index is 1.34. The van der Waals surface area contributed by atoms with Crippen LogP contribution in [0.1, 0.15) is 34.7 Å². The zero-order chi connectivity index (χ0) is 23.5. The van der Waals surface area contributed by atoms with Crippen molar-refractivity contribution in [2.24, 2.45) is 5.92 Å². The molecule has 2 aliphatic heterocycles. The van der Waals surface area contributed by atoms with Gasteiger partial charge in [-0.3, -0.25) is 9.59 Å². The van der Waals surface area contributed by atoms with Gasteiger partial charge in [0.15, 0.2) is 0 Å². The van der Waals surface area contributed by atoms with Crippen LogP contribution in [0.4, 0.5) is 22.0 Å². The van der Waals surface area contributed by atoms with E-state index in [0.717, 1.165) is 0 Å². The Kier molecular flexibility index (Phi) is 4.92. The van der Waals surface area contributed by atoms with E-state index < -0.39 is 54.2 Å². The van der Waals surface area contributed by atoms with Crippen molar-refractivity contribution in [3.63, 3.8) is 0 Å². The van der Waals surface area contributed by atoms with Gasteiger partial charge >= 0.3 is 12.1 Å².